The van der Waals surface area contributed by atoms with Crippen LogP contribution in [0.15, 0.2) is 47.6 Å². The molecule has 1 heterocycles. The topological polar surface area (TPSA) is 73.1 Å². The fraction of sp³-hybridized carbons (Fsp3) is 0.154. The molecule has 4 nitrogen and oxygen atoms in total. The van der Waals surface area contributed by atoms with Crippen LogP contribution in [0.4, 0.5) is 10.1 Å². The van der Waals surface area contributed by atoms with Crippen LogP contribution >= 0.6 is 0 Å². The quantitative estimate of drug-likeness (QED) is 0.867. The highest BCUT2D eigenvalue weighted by atomic mass is 32.2. The first-order valence-corrected chi connectivity index (χ1v) is 7.31. The van der Waals surface area contributed by atoms with Crippen molar-refractivity contribution in [3.8, 4) is 0 Å². The molecule has 0 unspecified atom stereocenters. The lowest BCUT2D eigenvalue weighted by molar-refractivity contribution is 0.591. The first kappa shape index (κ1) is 13.5. The van der Waals surface area contributed by atoms with Gasteiger partial charge in [0.25, 0.3) is 0 Å². The normalized spacial score (nSPS) is 11.4. The van der Waals surface area contributed by atoms with Crippen molar-refractivity contribution in [3.63, 3.8) is 0 Å². The average Bonchev–Trinajstić information content (AvgIpc) is 2.41. The van der Waals surface area contributed by atoms with Crippen LogP contribution in [0.2, 0.25) is 0 Å². The predicted octanol–water partition coefficient (Wildman–Crippen LogP) is 1.82. The Morgan fingerprint density at radius 3 is 2.68 bits per heavy atom. The molecule has 0 radical (unpaired) electrons. The molecule has 2 N–H and O–H groups in total. The molecule has 0 atom stereocenters. The first-order valence-electron chi connectivity index (χ1n) is 5.66. The van der Waals surface area contributed by atoms with Crippen molar-refractivity contribution in [1.29, 1.82) is 0 Å². The third-order valence-corrected chi connectivity index (χ3v) is 4.43. The van der Waals surface area contributed by atoms with Gasteiger partial charge in [-0.2, -0.15) is 0 Å². The molecule has 2 rings (SSSR count). The van der Waals surface area contributed by atoms with Crippen LogP contribution in [0.1, 0.15) is 5.56 Å². The molecule has 0 saturated carbocycles. The first-order chi connectivity index (χ1) is 8.99. The SMILES string of the molecule is Nc1ccc(S(=O)(=O)CCc2cccnc2)cc1F. The molecular formula is C13H13FN2O2S. The molecule has 1 aromatic heterocycles. The van der Waals surface area contributed by atoms with E-state index in [0.29, 0.717) is 6.42 Å². The van der Waals surface area contributed by atoms with Gasteiger partial charge < -0.3 is 5.73 Å². The summed E-state index contributed by atoms with van der Waals surface area (Å²) >= 11 is 0. The molecule has 0 aliphatic heterocycles. The summed E-state index contributed by atoms with van der Waals surface area (Å²) in [5, 5.41) is 0. The van der Waals surface area contributed by atoms with Crippen molar-refractivity contribution in [2.24, 2.45) is 0 Å². The third-order valence-electron chi connectivity index (χ3n) is 2.71. The molecule has 0 aliphatic carbocycles. The van der Waals surface area contributed by atoms with Crippen LogP contribution in [-0.4, -0.2) is 19.2 Å². The number of sulfone groups is 1. The van der Waals surface area contributed by atoms with E-state index in [1.54, 1.807) is 24.5 Å². The van der Waals surface area contributed by atoms with Gasteiger partial charge in [0.1, 0.15) is 5.82 Å². The smallest absolute Gasteiger partial charge is 0.178 e. The summed E-state index contributed by atoms with van der Waals surface area (Å²) in [4.78, 5) is 3.86. The number of pyridine rings is 1. The van der Waals surface area contributed by atoms with Crippen molar-refractivity contribution in [2.45, 2.75) is 11.3 Å². The number of nitrogen functional groups attached to an aromatic ring is 1. The summed E-state index contributed by atoms with van der Waals surface area (Å²) in [6, 6.07) is 7.06. The van der Waals surface area contributed by atoms with Crippen LogP contribution in [0.5, 0.6) is 0 Å². The van der Waals surface area contributed by atoms with Gasteiger partial charge in [0, 0.05) is 12.4 Å². The Morgan fingerprint density at radius 1 is 1.26 bits per heavy atom. The number of aromatic nitrogens is 1. The number of hydrogen-bond donors (Lipinski definition) is 1. The summed E-state index contributed by atoms with van der Waals surface area (Å²) in [6.45, 7) is 0. The lowest BCUT2D eigenvalue weighted by Gasteiger charge is -2.05. The third kappa shape index (κ3) is 3.29. The van der Waals surface area contributed by atoms with Gasteiger partial charge in [-0.25, -0.2) is 12.8 Å². The van der Waals surface area contributed by atoms with E-state index in [-0.39, 0.29) is 16.3 Å². The number of benzene rings is 1. The summed E-state index contributed by atoms with van der Waals surface area (Å²) in [7, 11) is -3.52. The highest BCUT2D eigenvalue weighted by molar-refractivity contribution is 7.91. The van der Waals surface area contributed by atoms with Gasteiger partial charge in [0.05, 0.1) is 16.3 Å². The van der Waals surface area contributed by atoms with Crippen LogP contribution < -0.4 is 5.73 Å². The van der Waals surface area contributed by atoms with Gasteiger partial charge >= 0.3 is 0 Å². The maximum absolute atomic E-state index is 13.3. The minimum atomic E-state index is -3.52. The lowest BCUT2D eigenvalue weighted by atomic mass is 10.2. The number of anilines is 1. The fourth-order valence-electron chi connectivity index (χ4n) is 1.62. The minimum absolute atomic E-state index is 0.0527. The van der Waals surface area contributed by atoms with Gasteiger partial charge in [-0.3, -0.25) is 4.98 Å². The van der Waals surface area contributed by atoms with Crippen LogP contribution in [0, 0.1) is 5.82 Å². The van der Waals surface area contributed by atoms with Crippen LogP contribution in [0.3, 0.4) is 0 Å². The highest BCUT2D eigenvalue weighted by Gasteiger charge is 2.16. The zero-order chi connectivity index (χ0) is 13.9. The number of nitrogens with two attached hydrogens (primary N) is 1. The molecule has 1 aromatic carbocycles. The van der Waals surface area contributed by atoms with E-state index in [1.165, 1.54) is 12.1 Å². The highest BCUT2D eigenvalue weighted by Crippen LogP contribution is 2.18. The average molecular weight is 280 g/mol. The number of rotatable bonds is 4. The Hall–Kier alpha value is -1.95. The molecule has 0 saturated heterocycles. The van der Waals surface area contributed by atoms with Crippen molar-refractivity contribution in [3.05, 3.63) is 54.1 Å². The maximum atomic E-state index is 13.3. The number of hydrogen-bond acceptors (Lipinski definition) is 4. The Bertz CT molecular complexity index is 672. The second-order valence-corrected chi connectivity index (χ2v) is 6.22. The molecule has 100 valence electrons. The summed E-state index contributed by atoms with van der Waals surface area (Å²) in [5.74, 6) is -0.815. The van der Waals surface area contributed by atoms with E-state index in [0.717, 1.165) is 11.6 Å². The van der Waals surface area contributed by atoms with E-state index in [1.807, 2.05) is 0 Å². The number of aryl methyl sites for hydroxylation is 1. The van der Waals surface area contributed by atoms with Crippen molar-refractivity contribution in [1.82, 2.24) is 4.98 Å². The van der Waals surface area contributed by atoms with E-state index >= 15 is 0 Å². The van der Waals surface area contributed by atoms with Gasteiger partial charge in [0.15, 0.2) is 9.84 Å². The molecular weight excluding hydrogens is 267 g/mol. The van der Waals surface area contributed by atoms with Gasteiger partial charge in [-0.05, 0) is 36.2 Å². The van der Waals surface area contributed by atoms with Gasteiger partial charge in [-0.1, -0.05) is 6.07 Å². The second-order valence-electron chi connectivity index (χ2n) is 4.11. The van der Waals surface area contributed by atoms with Gasteiger partial charge in [-0.15, -0.1) is 0 Å². The van der Waals surface area contributed by atoms with Gasteiger partial charge in [0.2, 0.25) is 0 Å². The Kier molecular flexibility index (Phi) is 3.80. The molecule has 0 bridgehead atoms. The van der Waals surface area contributed by atoms with E-state index in [2.05, 4.69) is 4.98 Å². The zero-order valence-corrected chi connectivity index (χ0v) is 10.9. The Labute approximate surface area is 111 Å². The Morgan fingerprint density at radius 2 is 2.05 bits per heavy atom. The molecule has 0 spiro atoms. The monoisotopic (exact) mass is 280 g/mol. The second kappa shape index (κ2) is 5.36. The lowest BCUT2D eigenvalue weighted by Crippen LogP contribution is -2.10. The standard InChI is InChI=1S/C13H13FN2O2S/c14-12-8-11(3-4-13(12)15)19(17,18)7-5-10-2-1-6-16-9-10/h1-4,6,8-9H,5,7,15H2. The maximum Gasteiger partial charge on any atom is 0.178 e. The molecule has 6 heteroatoms. The van der Waals surface area contributed by atoms with Crippen molar-refractivity contribution in [2.75, 3.05) is 11.5 Å². The van der Waals surface area contributed by atoms with E-state index in [9.17, 15) is 12.8 Å². The van der Waals surface area contributed by atoms with Crippen molar-refractivity contribution >= 4 is 15.5 Å². The van der Waals surface area contributed by atoms with Crippen molar-refractivity contribution < 1.29 is 12.8 Å². The Balaban J connectivity index is 2.16. The number of halogens is 1. The summed E-state index contributed by atoms with van der Waals surface area (Å²) < 4.78 is 37.4. The molecule has 0 amide bonds. The van der Waals surface area contributed by atoms with Crippen LogP contribution in [-0.2, 0) is 16.3 Å². The molecule has 19 heavy (non-hydrogen) atoms. The fourth-order valence-corrected chi connectivity index (χ4v) is 2.92. The number of nitrogens with zero attached hydrogens (tertiary/aromatic N) is 1. The molecule has 0 aliphatic rings. The predicted molar refractivity (Wildman–Crippen MR) is 70.8 cm³/mol. The summed E-state index contributed by atoms with van der Waals surface area (Å²) in [6.07, 6.45) is 3.56. The molecule has 0 fully saturated rings. The molecule has 2 aromatic rings. The minimum Gasteiger partial charge on any atom is -0.396 e. The summed E-state index contributed by atoms with van der Waals surface area (Å²) in [5.41, 5.74) is 6.08. The van der Waals surface area contributed by atoms with E-state index in [4.69, 9.17) is 5.73 Å². The van der Waals surface area contributed by atoms with Crippen LogP contribution in [0.25, 0.3) is 0 Å². The largest absolute Gasteiger partial charge is 0.396 e. The zero-order valence-electron chi connectivity index (χ0n) is 10.1. The van der Waals surface area contributed by atoms with E-state index < -0.39 is 15.7 Å².